The first-order valence-corrected chi connectivity index (χ1v) is 10.1. The van der Waals surface area contributed by atoms with Crippen LogP contribution in [0.3, 0.4) is 0 Å². The van der Waals surface area contributed by atoms with Gasteiger partial charge in [0.25, 0.3) is 5.91 Å². The molecule has 1 fully saturated rings. The Bertz CT molecular complexity index is 956. The minimum atomic E-state index is -0.0918. The molecule has 1 aliphatic rings. The molecule has 1 heterocycles. The van der Waals surface area contributed by atoms with Crippen molar-refractivity contribution in [2.45, 2.75) is 6.92 Å². The van der Waals surface area contributed by atoms with Crippen molar-refractivity contribution in [3.63, 3.8) is 0 Å². The van der Waals surface area contributed by atoms with Gasteiger partial charge < -0.3 is 24.0 Å². The van der Waals surface area contributed by atoms with Crippen LogP contribution in [0.5, 0.6) is 17.2 Å². The minimum absolute atomic E-state index is 0.0515. The number of methoxy groups -OCH3 is 3. The van der Waals surface area contributed by atoms with Gasteiger partial charge in [-0.1, -0.05) is 6.07 Å². The average molecular weight is 424 g/mol. The van der Waals surface area contributed by atoms with E-state index in [1.165, 1.54) is 6.08 Å². The van der Waals surface area contributed by atoms with Gasteiger partial charge in [-0.05, 0) is 48.4 Å². The number of hydrogen-bond donors (Lipinski definition) is 0. The number of rotatable bonds is 6. The number of carbonyl (C=O) groups is 2. The fourth-order valence-electron chi connectivity index (χ4n) is 3.46. The number of amides is 2. The molecule has 2 amide bonds. The molecule has 0 aliphatic carbocycles. The van der Waals surface area contributed by atoms with Gasteiger partial charge in [0.15, 0.2) is 0 Å². The molecule has 0 aromatic heterocycles. The zero-order valence-electron chi connectivity index (χ0n) is 18.4. The first-order valence-electron chi connectivity index (χ1n) is 10.1. The highest BCUT2D eigenvalue weighted by Crippen LogP contribution is 2.23. The van der Waals surface area contributed by atoms with Crippen LogP contribution in [-0.2, 0) is 4.79 Å². The van der Waals surface area contributed by atoms with E-state index in [9.17, 15) is 9.59 Å². The lowest BCUT2D eigenvalue weighted by atomic mass is 10.1. The molecule has 1 aliphatic heterocycles. The Balaban J connectivity index is 1.60. The van der Waals surface area contributed by atoms with Crippen LogP contribution in [-0.4, -0.2) is 69.1 Å². The van der Waals surface area contributed by atoms with E-state index in [-0.39, 0.29) is 11.8 Å². The number of piperazine rings is 1. The average Bonchev–Trinajstić information content (AvgIpc) is 2.82. The van der Waals surface area contributed by atoms with Gasteiger partial charge in [0, 0.05) is 43.9 Å². The van der Waals surface area contributed by atoms with E-state index in [2.05, 4.69) is 0 Å². The van der Waals surface area contributed by atoms with Gasteiger partial charge in [-0.25, -0.2) is 0 Å². The van der Waals surface area contributed by atoms with Gasteiger partial charge in [-0.15, -0.1) is 0 Å². The lowest BCUT2D eigenvalue weighted by Gasteiger charge is -2.34. The Morgan fingerprint density at radius 2 is 1.45 bits per heavy atom. The highest BCUT2D eigenvalue weighted by molar-refractivity contribution is 5.95. The summed E-state index contributed by atoms with van der Waals surface area (Å²) < 4.78 is 15.8. The van der Waals surface area contributed by atoms with Crippen molar-refractivity contribution in [2.24, 2.45) is 0 Å². The van der Waals surface area contributed by atoms with Crippen molar-refractivity contribution in [1.82, 2.24) is 9.80 Å². The Morgan fingerprint density at radius 3 is 2.03 bits per heavy atom. The van der Waals surface area contributed by atoms with Gasteiger partial charge >= 0.3 is 0 Å². The van der Waals surface area contributed by atoms with Crippen LogP contribution in [0.2, 0.25) is 0 Å². The van der Waals surface area contributed by atoms with Crippen LogP contribution >= 0.6 is 0 Å². The Morgan fingerprint density at radius 1 is 0.839 bits per heavy atom. The summed E-state index contributed by atoms with van der Waals surface area (Å²) in [6, 6.07) is 10.9. The zero-order valence-corrected chi connectivity index (χ0v) is 18.4. The van der Waals surface area contributed by atoms with E-state index in [4.69, 9.17) is 14.2 Å². The molecule has 31 heavy (non-hydrogen) atoms. The number of hydrogen-bond acceptors (Lipinski definition) is 5. The quantitative estimate of drug-likeness (QED) is 0.667. The fraction of sp³-hybridized carbons (Fsp3) is 0.333. The first-order chi connectivity index (χ1) is 14.9. The van der Waals surface area contributed by atoms with Crippen molar-refractivity contribution >= 4 is 17.9 Å². The molecule has 0 bridgehead atoms. The molecule has 0 N–H and O–H groups in total. The minimum Gasteiger partial charge on any atom is -0.497 e. The smallest absolute Gasteiger partial charge is 0.254 e. The second-order valence-corrected chi connectivity index (χ2v) is 7.28. The maximum absolute atomic E-state index is 12.8. The molecule has 2 aromatic carbocycles. The van der Waals surface area contributed by atoms with Crippen LogP contribution in [0.1, 0.15) is 21.5 Å². The van der Waals surface area contributed by atoms with E-state index < -0.39 is 0 Å². The molecule has 2 aromatic rings. The maximum Gasteiger partial charge on any atom is 0.254 e. The normalized spacial score (nSPS) is 13.9. The molecular formula is C24H28N2O5. The second kappa shape index (κ2) is 10.0. The van der Waals surface area contributed by atoms with Crippen molar-refractivity contribution in [3.05, 3.63) is 59.2 Å². The van der Waals surface area contributed by atoms with Crippen LogP contribution < -0.4 is 14.2 Å². The lowest BCUT2D eigenvalue weighted by molar-refractivity contribution is -0.127. The molecule has 1 saturated heterocycles. The molecule has 7 heteroatoms. The largest absolute Gasteiger partial charge is 0.497 e. The van der Waals surface area contributed by atoms with Crippen molar-refractivity contribution < 1.29 is 23.8 Å². The van der Waals surface area contributed by atoms with Gasteiger partial charge in [0.2, 0.25) is 5.91 Å². The Labute approximate surface area is 182 Å². The van der Waals surface area contributed by atoms with Gasteiger partial charge in [-0.2, -0.15) is 0 Å². The molecular weight excluding hydrogens is 396 g/mol. The molecule has 164 valence electrons. The van der Waals surface area contributed by atoms with E-state index in [0.29, 0.717) is 49.0 Å². The topological polar surface area (TPSA) is 68.3 Å². The van der Waals surface area contributed by atoms with Crippen LogP contribution in [0.15, 0.2) is 42.5 Å². The number of carbonyl (C=O) groups excluding carboxylic acids is 2. The second-order valence-electron chi connectivity index (χ2n) is 7.28. The summed E-state index contributed by atoms with van der Waals surface area (Å²) in [6.07, 6.45) is 3.28. The van der Waals surface area contributed by atoms with E-state index in [1.807, 2.05) is 31.2 Å². The SMILES string of the molecule is COc1cc(/C=C/C(=O)N2CCN(C(=O)c3ccc(C)c(OC)c3)CC2)cc(OC)c1. The standard InChI is InChI=1S/C24H28N2O5/c1-17-5-7-19(15-22(17)31-4)24(28)26-11-9-25(10-12-26)23(27)8-6-18-13-20(29-2)16-21(14-18)30-3/h5-8,13-16H,9-12H2,1-4H3/b8-6+. The van der Waals surface area contributed by atoms with E-state index >= 15 is 0 Å². The van der Waals surface area contributed by atoms with Crippen LogP contribution in [0.25, 0.3) is 6.08 Å². The number of nitrogens with zero attached hydrogens (tertiary/aromatic N) is 2. The Hall–Kier alpha value is -3.48. The fourth-order valence-corrected chi connectivity index (χ4v) is 3.46. The van der Waals surface area contributed by atoms with Crippen molar-refractivity contribution in [2.75, 3.05) is 47.5 Å². The molecule has 3 rings (SSSR count). The summed E-state index contributed by atoms with van der Waals surface area (Å²) in [6.45, 7) is 3.88. The Kier molecular flexibility index (Phi) is 7.18. The number of benzene rings is 2. The predicted molar refractivity (Wildman–Crippen MR) is 119 cm³/mol. The van der Waals surface area contributed by atoms with Crippen LogP contribution in [0.4, 0.5) is 0 Å². The molecule has 0 saturated carbocycles. The molecule has 0 unspecified atom stereocenters. The summed E-state index contributed by atoms with van der Waals surface area (Å²) in [4.78, 5) is 28.9. The summed E-state index contributed by atoms with van der Waals surface area (Å²) in [5.74, 6) is 1.87. The van der Waals surface area contributed by atoms with Gasteiger partial charge in [0.1, 0.15) is 17.2 Å². The van der Waals surface area contributed by atoms with Crippen LogP contribution in [0, 0.1) is 6.92 Å². The first kappa shape index (κ1) is 22.2. The highest BCUT2D eigenvalue weighted by Gasteiger charge is 2.24. The molecule has 0 atom stereocenters. The summed E-state index contributed by atoms with van der Waals surface area (Å²) in [5, 5.41) is 0. The summed E-state index contributed by atoms with van der Waals surface area (Å²) in [5.41, 5.74) is 2.38. The third-order valence-corrected chi connectivity index (χ3v) is 5.33. The van der Waals surface area contributed by atoms with Crippen molar-refractivity contribution in [3.8, 4) is 17.2 Å². The van der Waals surface area contributed by atoms with Gasteiger partial charge in [0.05, 0.1) is 21.3 Å². The molecule has 0 spiro atoms. The monoisotopic (exact) mass is 424 g/mol. The van der Waals surface area contributed by atoms with Gasteiger partial charge in [-0.3, -0.25) is 9.59 Å². The van der Waals surface area contributed by atoms with Crippen molar-refractivity contribution in [1.29, 1.82) is 0 Å². The summed E-state index contributed by atoms with van der Waals surface area (Å²) in [7, 11) is 4.76. The maximum atomic E-state index is 12.8. The molecule has 7 nitrogen and oxygen atoms in total. The van der Waals surface area contributed by atoms with E-state index in [0.717, 1.165) is 11.1 Å². The molecule has 0 radical (unpaired) electrons. The predicted octanol–water partition coefficient (Wildman–Crippen LogP) is 3.02. The zero-order chi connectivity index (χ0) is 22.4. The third-order valence-electron chi connectivity index (χ3n) is 5.33. The number of aryl methyl sites for hydroxylation is 1. The lowest BCUT2D eigenvalue weighted by Crippen LogP contribution is -2.50. The number of ether oxygens (including phenoxy) is 3. The third kappa shape index (κ3) is 5.36. The van der Waals surface area contributed by atoms with E-state index in [1.54, 1.807) is 49.3 Å². The summed E-state index contributed by atoms with van der Waals surface area (Å²) >= 11 is 0. The highest BCUT2D eigenvalue weighted by atomic mass is 16.5.